The maximum absolute atomic E-state index is 14.9. The summed E-state index contributed by atoms with van der Waals surface area (Å²) in [5, 5.41) is -0.611. The minimum atomic E-state index is -0.611. The molecular formula is C32H34F2N2O4S. The quantitative estimate of drug-likeness (QED) is 0.264. The Kier molecular flexibility index (Phi) is 8.92. The number of carbonyl (C=O) groups excluding carboxylic acids is 2. The fourth-order valence-corrected chi connectivity index (χ4v) is 7.59. The number of carbonyl (C=O) groups is 2. The molecule has 0 N–H and O–H groups in total. The van der Waals surface area contributed by atoms with Gasteiger partial charge in [0.25, 0.3) is 0 Å². The average molecular weight is 581 g/mol. The van der Waals surface area contributed by atoms with Crippen molar-refractivity contribution in [2.45, 2.75) is 74.1 Å². The number of hydrogen-bond acceptors (Lipinski definition) is 6. The molecule has 3 aromatic rings. The van der Waals surface area contributed by atoms with Gasteiger partial charge in [-0.2, -0.15) is 0 Å². The monoisotopic (exact) mass is 580 g/mol. The Morgan fingerprint density at radius 3 is 2.44 bits per heavy atom. The van der Waals surface area contributed by atoms with Crippen molar-refractivity contribution in [2.24, 2.45) is 0 Å². The first-order chi connectivity index (χ1) is 19.9. The number of halogens is 2. The predicted octanol–water partition coefficient (Wildman–Crippen LogP) is 7.15. The van der Waals surface area contributed by atoms with Gasteiger partial charge in [0.05, 0.1) is 24.4 Å². The van der Waals surface area contributed by atoms with E-state index in [9.17, 15) is 18.4 Å². The van der Waals surface area contributed by atoms with E-state index >= 15 is 0 Å². The standard InChI is InChI=1S/C32H34F2N2O4S/c1-4-23-28-24(33)11-12-25(34)30(28)41-29(23)31(37)36(22-8-6-5-7-9-22)18-21-16-19(10-13-27(21)39-2)20-14-15-35-26(17-20)32(38)40-3/h10-17,22-23,29H,4-9,18H2,1-3H3. The number of nitrogens with zero attached hydrogens (tertiary/aromatic N) is 2. The van der Waals surface area contributed by atoms with Crippen LogP contribution in [-0.4, -0.2) is 47.3 Å². The van der Waals surface area contributed by atoms with Crippen LogP contribution in [0.25, 0.3) is 11.1 Å². The van der Waals surface area contributed by atoms with Crippen molar-refractivity contribution in [3.8, 4) is 16.9 Å². The topological polar surface area (TPSA) is 68.7 Å². The van der Waals surface area contributed by atoms with E-state index in [0.717, 1.165) is 72.7 Å². The molecule has 2 aliphatic rings. The molecule has 0 saturated heterocycles. The van der Waals surface area contributed by atoms with Gasteiger partial charge in [-0.05, 0) is 66.8 Å². The van der Waals surface area contributed by atoms with E-state index in [-0.39, 0.29) is 22.5 Å². The highest BCUT2D eigenvalue weighted by Gasteiger charge is 2.43. The second kappa shape index (κ2) is 12.6. The van der Waals surface area contributed by atoms with Crippen LogP contribution in [0.2, 0.25) is 0 Å². The molecule has 1 aliphatic carbocycles. The molecule has 6 nitrogen and oxygen atoms in total. The van der Waals surface area contributed by atoms with Crippen molar-refractivity contribution in [1.82, 2.24) is 9.88 Å². The largest absolute Gasteiger partial charge is 0.496 e. The maximum Gasteiger partial charge on any atom is 0.356 e. The summed E-state index contributed by atoms with van der Waals surface area (Å²) in [5.74, 6) is -1.35. The van der Waals surface area contributed by atoms with Gasteiger partial charge in [-0.1, -0.05) is 32.3 Å². The Morgan fingerprint density at radius 1 is 1.00 bits per heavy atom. The summed E-state index contributed by atoms with van der Waals surface area (Å²) in [6.07, 6.45) is 7.02. The van der Waals surface area contributed by atoms with Gasteiger partial charge in [0.1, 0.15) is 23.1 Å². The van der Waals surface area contributed by atoms with Gasteiger partial charge in [-0.3, -0.25) is 4.79 Å². The first kappa shape index (κ1) is 29.0. The number of thioether (sulfide) groups is 1. The zero-order chi connectivity index (χ0) is 29.1. The molecule has 2 atom stereocenters. The number of hydrogen-bond donors (Lipinski definition) is 0. The van der Waals surface area contributed by atoms with E-state index < -0.39 is 28.8 Å². The fourth-order valence-electron chi connectivity index (χ4n) is 6.05. The third-order valence-corrected chi connectivity index (χ3v) is 9.60. The SMILES string of the molecule is CCC1c2c(F)ccc(F)c2SC1C(=O)N(Cc1cc(-c2ccnc(C(=O)OC)c2)ccc1OC)C1CCCCC1. The summed E-state index contributed by atoms with van der Waals surface area (Å²) in [6, 6.07) is 11.5. The highest BCUT2D eigenvalue weighted by Crippen LogP contribution is 2.50. The van der Waals surface area contributed by atoms with Crippen LogP contribution in [-0.2, 0) is 16.1 Å². The molecule has 1 fully saturated rings. The molecule has 0 spiro atoms. The number of esters is 1. The number of amides is 1. The first-order valence-electron chi connectivity index (χ1n) is 14.0. The molecule has 9 heteroatoms. The molecule has 216 valence electrons. The summed E-state index contributed by atoms with van der Waals surface area (Å²) in [4.78, 5) is 32.7. The second-order valence-corrected chi connectivity index (χ2v) is 11.7. The van der Waals surface area contributed by atoms with Crippen LogP contribution in [0, 0.1) is 11.6 Å². The molecule has 1 aliphatic heterocycles. The molecule has 2 aromatic carbocycles. The molecule has 0 radical (unpaired) electrons. The summed E-state index contributed by atoms with van der Waals surface area (Å²) < 4.78 is 40.2. The summed E-state index contributed by atoms with van der Waals surface area (Å²) >= 11 is 1.15. The van der Waals surface area contributed by atoms with Crippen molar-refractivity contribution >= 4 is 23.6 Å². The third-order valence-electron chi connectivity index (χ3n) is 8.17. The van der Waals surface area contributed by atoms with Crippen LogP contribution in [0.15, 0.2) is 53.6 Å². The number of pyridine rings is 1. The highest BCUT2D eigenvalue weighted by molar-refractivity contribution is 8.01. The van der Waals surface area contributed by atoms with E-state index in [0.29, 0.717) is 24.3 Å². The lowest BCUT2D eigenvalue weighted by Gasteiger charge is -2.37. The van der Waals surface area contributed by atoms with Gasteiger partial charge in [-0.15, -0.1) is 11.8 Å². The fraction of sp³-hybridized carbons (Fsp3) is 0.406. The van der Waals surface area contributed by atoms with Crippen LogP contribution in [0.4, 0.5) is 8.78 Å². The van der Waals surface area contributed by atoms with Gasteiger partial charge in [0.15, 0.2) is 0 Å². The minimum Gasteiger partial charge on any atom is -0.496 e. The number of methoxy groups -OCH3 is 2. The van der Waals surface area contributed by atoms with Gasteiger partial charge in [-0.25, -0.2) is 18.6 Å². The molecular weight excluding hydrogens is 546 g/mol. The van der Waals surface area contributed by atoms with Gasteiger partial charge in [0, 0.05) is 35.8 Å². The maximum atomic E-state index is 14.9. The third kappa shape index (κ3) is 5.82. The van der Waals surface area contributed by atoms with Crippen LogP contribution in [0.1, 0.15) is 73.0 Å². The first-order valence-corrected chi connectivity index (χ1v) is 14.9. The van der Waals surface area contributed by atoms with E-state index in [1.807, 2.05) is 36.1 Å². The second-order valence-electron chi connectivity index (χ2n) is 10.5. The van der Waals surface area contributed by atoms with Gasteiger partial charge < -0.3 is 14.4 Å². The summed E-state index contributed by atoms with van der Waals surface area (Å²) in [5.41, 5.74) is 2.94. The smallest absolute Gasteiger partial charge is 0.356 e. The molecule has 0 bridgehead atoms. The Hall–Kier alpha value is -3.46. The number of fused-ring (bicyclic) bond motifs is 1. The summed E-state index contributed by atoms with van der Waals surface area (Å²) in [7, 11) is 2.90. The van der Waals surface area contributed by atoms with Crippen molar-refractivity contribution in [3.63, 3.8) is 0 Å². The lowest BCUT2D eigenvalue weighted by atomic mass is 9.89. The van der Waals surface area contributed by atoms with Crippen LogP contribution in [0.3, 0.4) is 0 Å². The molecule has 1 saturated carbocycles. The Labute approximate surface area is 243 Å². The van der Waals surface area contributed by atoms with E-state index in [1.165, 1.54) is 7.11 Å². The van der Waals surface area contributed by atoms with Crippen molar-refractivity contribution < 1.29 is 27.8 Å². The number of ether oxygens (including phenoxy) is 2. The molecule has 2 unspecified atom stereocenters. The normalized spacial score (nSPS) is 18.6. The van der Waals surface area contributed by atoms with E-state index in [1.54, 1.807) is 19.4 Å². The molecule has 1 amide bonds. The van der Waals surface area contributed by atoms with E-state index in [2.05, 4.69) is 4.98 Å². The summed E-state index contributed by atoms with van der Waals surface area (Å²) in [6.45, 7) is 2.21. The number of aromatic nitrogens is 1. The molecule has 2 heterocycles. The Bertz CT molecular complexity index is 1440. The van der Waals surface area contributed by atoms with Crippen molar-refractivity contribution in [2.75, 3.05) is 14.2 Å². The van der Waals surface area contributed by atoms with Crippen molar-refractivity contribution in [3.05, 3.63) is 77.1 Å². The number of rotatable bonds is 8. The Morgan fingerprint density at radius 2 is 1.73 bits per heavy atom. The minimum absolute atomic E-state index is 0.0213. The Balaban J connectivity index is 1.51. The van der Waals surface area contributed by atoms with Gasteiger partial charge in [0.2, 0.25) is 5.91 Å². The lowest BCUT2D eigenvalue weighted by Crippen LogP contribution is -2.46. The van der Waals surface area contributed by atoms with Crippen LogP contribution >= 0.6 is 11.8 Å². The highest BCUT2D eigenvalue weighted by atomic mass is 32.2. The van der Waals surface area contributed by atoms with Gasteiger partial charge >= 0.3 is 5.97 Å². The van der Waals surface area contributed by atoms with Crippen LogP contribution in [0.5, 0.6) is 5.75 Å². The zero-order valence-electron chi connectivity index (χ0n) is 23.5. The zero-order valence-corrected chi connectivity index (χ0v) is 24.3. The van der Waals surface area contributed by atoms with E-state index in [4.69, 9.17) is 9.47 Å². The lowest BCUT2D eigenvalue weighted by molar-refractivity contribution is -0.134. The van der Waals surface area contributed by atoms with Crippen LogP contribution < -0.4 is 4.74 Å². The molecule has 5 rings (SSSR count). The molecule has 1 aromatic heterocycles. The van der Waals surface area contributed by atoms with Crippen molar-refractivity contribution in [1.29, 1.82) is 0 Å². The number of benzene rings is 2. The molecule has 41 heavy (non-hydrogen) atoms. The average Bonchev–Trinajstić information content (AvgIpc) is 3.42. The predicted molar refractivity (Wildman–Crippen MR) is 154 cm³/mol.